The van der Waals surface area contributed by atoms with Crippen molar-refractivity contribution < 1.29 is 27.8 Å². The second kappa shape index (κ2) is 8.55. The van der Waals surface area contributed by atoms with Crippen LogP contribution in [0.4, 0.5) is 19.3 Å². The number of nitrogens with one attached hydrogen (secondary N) is 1. The second-order valence-electron chi connectivity index (χ2n) is 5.95. The minimum Gasteiger partial charge on any atom is -0.496 e. The summed E-state index contributed by atoms with van der Waals surface area (Å²) in [6.07, 6.45) is 0. The number of ether oxygens (including phenoxy) is 3. The van der Waals surface area contributed by atoms with E-state index in [2.05, 4.69) is 5.32 Å². The van der Waals surface area contributed by atoms with Gasteiger partial charge in [-0.25, -0.2) is 13.6 Å². The van der Waals surface area contributed by atoms with Crippen molar-refractivity contribution in [2.45, 2.75) is 5.37 Å². The predicted octanol–water partition coefficient (Wildman–Crippen LogP) is 4.27. The minimum absolute atomic E-state index is 0.0532. The SMILES string of the molecule is COc1cc(OC)c(C2SCCN2C(=O)Nc2cc(F)cc(F)c2)cc1OC. The fourth-order valence-electron chi connectivity index (χ4n) is 3.00. The van der Waals surface area contributed by atoms with Gasteiger partial charge in [0.05, 0.1) is 21.3 Å². The van der Waals surface area contributed by atoms with E-state index in [1.54, 1.807) is 28.8 Å². The first-order valence-electron chi connectivity index (χ1n) is 8.42. The minimum atomic E-state index is -0.760. The van der Waals surface area contributed by atoms with Gasteiger partial charge in [0.15, 0.2) is 11.5 Å². The molecule has 9 heteroatoms. The quantitative estimate of drug-likeness (QED) is 0.798. The Hall–Kier alpha value is -2.68. The maximum Gasteiger partial charge on any atom is 0.323 e. The van der Waals surface area contributed by atoms with Gasteiger partial charge >= 0.3 is 6.03 Å². The Morgan fingerprint density at radius 2 is 1.61 bits per heavy atom. The second-order valence-corrected chi connectivity index (χ2v) is 7.14. The summed E-state index contributed by atoms with van der Waals surface area (Å²) in [5.41, 5.74) is 0.792. The van der Waals surface area contributed by atoms with Crippen LogP contribution in [-0.4, -0.2) is 44.6 Å². The van der Waals surface area contributed by atoms with E-state index in [9.17, 15) is 13.6 Å². The van der Waals surface area contributed by atoms with Crippen LogP contribution >= 0.6 is 11.8 Å². The Bertz CT molecular complexity index is 861. The molecule has 150 valence electrons. The molecule has 0 saturated carbocycles. The van der Waals surface area contributed by atoms with Gasteiger partial charge in [0.25, 0.3) is 0 Å². The average Bonchev–Trinajstić information content (AvgIpc) is 3.15. The summed E-state index contributed by atoms with van der Waals surface area (Å²) in [6, 6.07) is 5.88. The lowest BCUT2D eigenvalue weighted by atomic mass is 10.1. The Morgan fingerprint density at radius 3 is 2.21 bits per heavy atom. The largest absolute Gasteiger partial charge is 0.496 e. The molecule has 0 spiro atoms. The molecule has 2 aromatic rings. The number of methoxy groups -OCH3 is 3. The summed E-state index contributed by atoms with van der Waals surface area (Å²) in [5, 5.41) is 2.20. The number of nitrogens with zero attached hydrogens (tertiary/aromatic N) is 1. The summed E-state index contributed by atoms with van der Waals surface area (Å²) in [4.78, 5) is 14.3. The standard InChI is InChI=1S/C19H20F2N2O4S/c1-25-15-10-17(27-3)16(26-2)9-14(15)18-23(4-5-28-18)19(24)22-13-7-11(20)6-12(21)8-13/h6-10,18H,4-5H2,1-3H3,(H,22,24). The third kappa shape index (κ3) is 4.09. The zero-order chi connectivity index (χ0) is 20.3. The lowest BCUT2D eigenvalue weighted by Gasteiger charge is -2.26. The number of urea groups is 1. The summed E-state index contributed by atoms with van der Waals surface area (Å²) in [6.45, 7) is 0.469. The fraction of sp³-hybridized carbons (Fsp3) is 0.316. The number of carbonyl (C=O) groups is 1. The van der Waals surface area contributed by atoms with E-state index in [0.29, 0.717) is 29.5 Å². The van der Waals surface area contributed by atoms with E-state index in [4.69, 9.17) is 14.2 Å². The molecule has 2 amide bonds. The van der Waals surface area contributed by atoms with Gasteiger partial charge < -0.3 is 24.4 Å². The van der Waals surface area contributed by atoms with E-state index in [1.807, 2.05) is 0 Å². The number of carbonyl (C=O) groups excluding carboxylic acids is 1. The first-order chi connectivity index (χ1) is 13.5. The van der Waals surface area contributed by atoms with Crippen molar-refractivity contribution in [2.24, 2.45) is 0 Å². The van der Waals surface area contributed by atoms with Crippen molar-refractivity contribution in [3.05, 3.63) is 47.5 Å². The highest BCUT2D eigenvalue weighted by Crippen LogP contribution is 2.46. The lowest BCUT2D eigenvalue weighted by molar-refractivity contribution is 0.213. The number of benzene rings is 2. The van der Waals surface area contributed by atoms with Gasteiger partial charge in [0.2, 0.25) is 0 Å². The van der Waals surface area contributed by atoms with Crippen LogP contribution in [0.5, 0.6) is 17.2 Å². The van der Waals surface area contributed by atoms with Gasteiger partial charge in [0.1, 0.15) is 22.8 Å². The van der Waals surface area contributed by atoms with Gasteiger partial charge in [-0.2, -0.15) is 0 Å². The van der Waals surface area contributed by atoms with Crippen LogP contribution in [0.25, 0.3) is 0 Å². The van der Waals surface area contributed by atoms with Crippen molar-refractivity contribution in [1.82, 2.24) is 4.90 Å². The summed E-state index contributed by atoms with van der Waals surface area (Å²) in [5.74, 6) is 0.753. The summed E-state index contributed by atoms with van der Waals surface area (Å²) in [7, 11) is 4.59. The summed E-state index contributed by atoms with van der Waals surface area (Å²) < 4.78 is 42.9. The smallest absolute Gasteiger partial charge is 0.323 e. The Kier molecular flexibility index (Phi) is 6.13. The van der Waals surface area contributed by atoms with Crippen LogP contribution < -0.4 is 19.5 Å². The van der Waals surface area contributed by atoms with Crippen LogP contribution in [-0.2, 0) is 0 Å². The van der Waals surface area contributed by atoms with Crippen molar-refractivity contribution in [3.8, 4) is 17.2 Å². The van der Waals surface area contributed by atoms with Gasteiger partial charge in [0, 0.05) is 35.7 Å². The lowest BCUT2D eigenvalue weighted by Crippen LogP contribution is -2.34. The van der Waals surface area contributed by atoms with E-state index < -0.39 is 17.7 Å². The first-order valence-corrected chi connectivity index (χ1v) is 9.47. The number of halogens is 2. The number of hydrogen-bond acceptors (Lipinski definition) is 5. The molecule has 1 aliphatic rings. The van der Waals surface area contributed by atoms with Crippen molar-refractivity contribution in [3.63, 3.8) is 0 Å². The monoisotopic (exact) mass is 410 g/mol. The molecule has 1 fully saturated rings. The Morgan fingerprint density at radius 1 is 1.00 bits per heavy atom. The molecule has 28 heavy (non-hydrogen) atoms. The van der Waals surface area contributed by atoms with E-state index in [-0.39, 0.29) is 11.1 Å². The highest BCUT2D eigenvalue weighted by molar-refractivity contribution is 7.99. The van der Waals surface area contributed by atoms with Gasteiger partial charge in [-0.1, -0.05) is 0 Å². The number of anilines is 1. The molecule has 1 atom stereocenters. The molecule has 1 N–H and O–H groups in total. The number of amides is 2. The zero-order valence-corrected chi connectivity index (χ0v) is 16.4. The molecule has 0 radical (unpaired) electrons. The van der Waals surface area contributed by atoms with Crippen molar-refractivity contribution in [1.29, 1.82) is 0 Å². The van der Waals surface area contributed by atoms with Gasteiger partial charge in [-0.15, -0.1) is 11.8 Å². The zero-order valence-electron chi connectivity index (χ0n) is 15.6. The molecule has 2 aromatic carbocycles. The molecule has 0 aliphatic carbocycles. The van der Waals surface area contributed by atoms with Crippen LogP contribution in [0.2, 0.25) is 0 Å². The predicted molar refractivity (Wildman–Crippen MR) is 103 cm³/mol. The fourth-order valence-corrected chi connectivity index (χ4v) is 4.27. The van der Waals surface area contributed by atoms with Crippen LogP contribution in [0.15, 0.2) is 30.3 Å². The number of thioether (sulfide) groups is 1. The molecular weight excluding hydrogens is 390 g/mol. The van der Waals surface area contributed by atoms with Gasteiger partial charge in [-0.05, 0) is 18.2 Å². The molecule has 1 heterocycles. The molecule has 0 bridgehead atoms. The maximum absolute atomic E-state index is 13.4. The van der Waals surface area contributed by atoms with Gasteiger partial charge in [-0.3, -0.25) is 0 Å². The average molecular weight is 410 g/mol. The first kappa shape index (κ1) is 20.1. The normalized spacial score (nSPS) is 16.0. The van der Waals surface area contributed by atoms with E-state index >= 15 is 0 Å². The highest BCUT2D eigenvalue weighted by Gasteiger charge is 2.33. The van der Waals surface area contributed by atoms with Crippen molar-refractivity contribution in [2.75, 3.05) is 38.9 Å². The molecule has 1 saturated heterocycles. The van der Waals surface area contributed by atoms with E-state index in [0.717, 1.165) is 23.8 Å². The van der Waals surface area contributed by atoms with Crippen LogP contribution in [0, 0.1) is 11.6 Å². The van der Waals surface area contributed by atoms with Crippen LogP contribution in [0.1, 0.15) is 10.9 Å². The Balaban J connectivity index is 1.89. The number of hydrogen-bond donors (Lipinski definition) is 1. The van der Waals surface area contributed by atoms with Crippen molar-refractivity contribution >= 4 is 23.5 Å². The molecular formula is C19H20F2N2O4S. The molecule has 1 unspecified atom stereocenters. The topological polar surface area (TPSA) is 60.0 Å². The third-order valence-corrected chi connectivity index (χ3v) is 5.51. The third-order valence-electron chi connectivity index (χ3n) is 4.27. The highest BCUT2D eigenvalue weighted by atomic mass is 32.2. The Labute approximate surface area is 165 Å². The molecule has 1 aliphatic heterocycles. The van der Waals surface area contributed by atoms with E-state index in [1.165, 1.54) is 21.3 Å². The maximum atomic E-state index is 13.4. The van der Waals surface area contributed by atoms with Crippen LogP contribution in [0.3, 0.4) is 0 Å². The number of rotatable bonds is 5. The molecule has 6 nitrogen and oxygen atoms in total. The summed E-state index contributed by atoms with van der Waals surface area (Å²) >= 11 is 1.55. The molecule has 3 rings (SSSR count). The molecule has 0 aromatic heterocycles.